The van der Waals surface area contributed by atoms with Gasteiger partial charge < -0.3 is 18.9 Å². The number of nitrogens with zero attached hydrogens (tertiary/aromatic N) is 3. The summed E-state index contributed by atoms with van der Waals surface area (Å²) in [5, 5.41) is 4.03. The molecule has 1 aliphatic heterocycles. The van der Waals surface area contributed by atoms with Gasteiger partial charge in [0.2, 0.25) is 5.91 Å². The van der Waals surface area contributed by atoms with Crippen molar-refractivity contribution < 1.29 is 23.2 Å². The van der Waals surface area contributed by atoms with Gasteiger partial charge in [0.15, 0.2) is 5.82 Å². The molecule has 3 aromatic rings. The first-order valence-electron chi connectivity index (χ1n) is 9.15. The Bertz CT molecular complexity index is 1020. The zero-order chi connectivity index (χ0) is 20.4. The predicted octanol–water partition coefficient (Wildman–Crippen LogP) is 3.41. The molecular weight excluding hydrogens is 377 g/mol. The second-order valence-corrected chi connectivity index (χ2v) is 6.82. The summed E-state index contributed by atoms with van der Waals surface area (Å²) in [6, 6.07) is 11.3. The van der Waals surface area contributed by atoms with Gasteiger partial charge in [-0.25, -0.2) is 4.39 Å². The Morgan fingerprint density at radius 3 is 2.69 bits per heavy atom. The average molecular weight is 397 g/mol. The topological polar surface area (TPSA) is 77.7 Å². The molecule has 8 heteroatoms. The first-order chi connectivity index (χ1) is 14.1. The molecule has 0 N–H and O–H groups in total. The first kappa shape index (κ1) is 18.9. The summed E-state index contributed by atoms with van der Waals surface area (Å²) in [6.45, 7) is 0.904. The summed E-state index contributed by atoms with van der Waals surface area (Å²) in [6.07, 6.45) is 0.306. The number of hydrogen-bond donors (Lipinski definition) is 0. The lowest BCUT2D eigenvalue weighted by molar-refractivity contribution is -0.128. The number of carbonyl (C=O) groups excluding carboxylic acids is 1. The molecule has 1 amide bonds. The molecule has 0 radical (unpaired) electrons. The fourth-order valence-electron chi connectivity index (χ4n) is 3.40. The maximum absolute atomic E-state index is 13.1. The minimum Gasteiger partial charge on any atom is -0.497 e. The molecule has 1 fully saturated rings. The number of benzene rings is 2. The van der Waals surface area contributed by atoms with Gasteiger partial charge in [0.05, 0.1) is 14.2 Å². The van der Waals surface area contributed by atoms with Crippen molar-refractivity contribution in [3.63, 3.8) is 0 Å². The standard InChI is InChI=1S/C21H20FN3O4/c1-27-17-8-5-14(18(10-17)28-2)11-25-12-15(9-19(25)26)20-23-21(29-24-20)13-3-6-16(22)7-4-13/h3-8,10,15H,9,11-12H2,1-2H3. The maximum atomic E-state index is 13.1. The fourth-order valence-corrected chi connectivity index (χ4v) is 3.40. The fraction of sp³-hybridized carbons (Fsp3) is 0.286. The van der Waals surface area contributed by atoms with E-state index in [1.807, 2.05) is 12.1 Å². The molecule has 7 nitrogen and oxygen atoms in total. The van der Waals surface area contributed by atoms with E-state index in [0.717, 1.165) is 5.56 Å². The van der Waals surface area contributed by atoms with Crippen LogP contribution in [0, 0.1) is 5.82 Å². The third-order valence-corrected chi connectivity index (χ3v) is 4.97. The van der Waals surface area contributed by atoms with Crippen LogP contribution in [0.2, 0.25) is 0 Å². The summed E-state index contributed by atoms with van der Waals surface area (Å²) in [5.74, 6) is 1.66. The van der Waals surface area contributed by atoms with Gasteiger partial charge in [0.1, 0.15) is 17.3 Å². The molecule has 4 rings (SSSR count). The molecule has 1 aromatic heterocycles. The second-order valence-electron chi connectivity index (χ2n) is 6.82. The molecule has 2 aromatic carbocycles. The normalized spacial score (nSPS) is 16.3. The van der Waals surface area contributed by atoms with Crippen LogP contribution in [-0.2, 0) is 11.3 Å². The number of methoxy groups -OCH3 is 2. The Morgan fingerprint density at radius 2 is 1.97 bits per heavy atom. The minimum atomic E-state index is -0.334. The number of ether oxygens (including phenoxy) is 2. The molecule has 1 unspecified atom stereocenters. The number of aromatic nitrogens is 2. The Labute approximate surface area is 167 Å². The number of halogens is 1. The van der Waals surface area contributed by atoms with Gasteiger partial charge in [0.25, 0.3) is 5.89 Å². The molecule has 1 atom stereocenters. The Kier molecular flexibility index (Phi) is 5.16. The van der Waals surface area contributed by atoms with Crippen LogP contribution in [-0.4, -0.2) is 41.7 Å². The third-order valence-electron chi connectivity index (χ3n) is 4.97. The van der Waals surface area contributed by atoms with Crippen molar-refractivity contribution in [3.8, 4) is 23.0 Å². The second kappa shape index (κ2) is 7.90. The largest absolute Gasteiger partial charge is 0.497 e. The van der Waals surface area contributed by atoms with Gasteiger partial charge in [-0.1, -0.05) is 5.16 Å². The molecule has 1 aliphatic rings. The van der Waals surface area contributed by atoms with E-state index >= 15 is 0 Å². The van der Waals surface area contributed by atoms with Crippen molar-refractivity contribution >= 4 is 5.91 Å². The van der Waals surface area contributed by atoms with E-state index < -0.39 is 0 Å². The van der Waals surface area contributed by atoms with Gasteiger partial charge in [-0.2, -0.15) is 4.98 Å². The van der Waals surface area contributed by atoms with Crippen molar-refractivity contribution in [2.75, 3.05) is 20.8 Å². The Balaban J connectivity index is 1.48. The molecule has 0 aliphatic carbocycles. The maximum Gasteiger partial charge on any atom is 0.257 e. The summed E-state index contributed by atoms with van der Waals surface area (Å²) >= 11 is 0. The highest BCUT2D eigenvalue weighted by Crippen LogP contribution is 2.32. The first-order valence-corrected chi connectivity index (χ1v) is 9.15. The van der Waals surface area contributed by atoms with Gasteiger partial charge in [-0.15, -0.1) is 0 Å². The molecule has 150 valence electrons. The number of hydrogen-bond acceptors (Lipinski definition) is 6. The van der Waals surface area contributed by atoms with Crippen LogP contribution in [0.3, 0.4) is 0 Å². The predicted molar refractivity (Wildman–Crippen MR) is 102 cm³/mol. The van der Waals surface area contributed by atoms with Crippen molar-refractivity contribution in [2.24, 2.45) is 0 Å². The molecule has 2 heterocycles. The Morgan fingerprint density at radius 1 is 1.17 bits per heavy atom. The van der Waals surface area contributed by atoms with Crippen molar-refractivity contribution in [3.05, 3.63) is 59.7 Å². The summed E-state index contributed by atoms with van der Waals surface area (Å²) in [4.78, 5) is 18.7. The van der Waals surface area contributed by atoms with E-state index in [1.165, 1.54) is 12.1 Å². The zero-order valence-electron chi connectivity index (χ0n) is 16.1. The number of amides is 1. The summed E-state index contributed by atoms with van der Waals surface area (Å²) in [5.41, 5.74) is 1.52. The van der Waals surface area contributed by atoms with Gasteiger partial charge >= 0.3 is 0 Å². The number of likely N-dealkylation sites (tertiary alicyclic amines) is 1. The highest BCUT2D eigenvalue weighted by Gasteiger charge is 2.34. The van der Waals surface area contributed by atoms with Gasteiger partial charge in [-0.3, -0.25) is 4.79 Å². The smallest absolute Gasteiger partial charge is 0.257 e. The van der Waals surface area contributed by atoms with Crippen molar-refractivity contribution in [1.29, 1.82) is 0 Å². The highest BCUT2D eigenvalue weighted by molar-refractivity contribution is 5.79. The van der Waals surface area contributed by atoms with Crippen molar-refractivity contribution in [1.82, 2.24) is 15.0 Å². The van der Waals surface area contributed by atoms with E-state index in [-0.39, 0.29) is 17.6 Å². The van der Waals surface area contributed by atoms with Gasteiger partial charge in [0, 0.05) is 42.6 Å². The quantitative estimate of drug-likeness (QED) is 0.634. The molecule has 1 saturated heterocycles. The average Bonchev–Trinajstić information content (AvgIpc) is 3.36. The molecule has 29 heavy (non-hydrogen) atoms. The minimum absolute atomic E-state index is 0.0148. The molecule has 0 spiro atoms. The van der Waals surface area contributed by atoms with Crippen LogP contribution in [0.1, 0.15) is 23.7 Å². The van der Waals surface area contributed by atoms with E-state index in [4.69, 9.17) is 14.0 Å². The van der Waals surface area contributed by atoms with Crippen LogP contribution in [0.25, 0.3) is 11.5 Å². The van der Waals surface area contributed by atoms with Crippen LogP contribution < -0.4 is 9.47 Å². The van der Waals surface area contributed by atoms with Crippen LogP contribution >= 0.6 is 0 Å². The lowest BCUT2D eigenvalue weighted by Crippen LogP contribution is -2.24. The van der Waals surface area contributed by atoms with E-state index in [9.17, 15) is 9.18 Å². The lowest BCUT2D eigenvalue weighted by Gasteiger charge is -2.18. The SMILES string of the molecule is COc1ccc(CN2CC(c3noc(-c4ccc(F)cc4)n3)CC2=O)c(OC)c1. The van der Waals surface area contributed by atoms with Crippen LogP contribution in [0.5, 0.6) is 11.5 Å². The highest BCUT2D eigenvalue weighted by atomic mass is 19.1. The zero-order valence-corrected chi connectivity index (χ0v) is 16.1. The van der Waals surface area contributed by atoms with Crippen molar-refractivity contribution in [2.45, 2.75) is 18.9 Å². The third kappa shape index (κ3) is 3.91. The number of carbonyl (C=O) groups is 1. The summed E-state index contributed by atoms with van der Waals surface area (Å²) in [7, 11) is 3.18. The van der Waals surface area contributed by atoms with E-state index in [1.54, 1.807) is 37.3 Å². The molecular formula is C21H20FN3O4. The van der Waals surface area contributed by atoms with E-state index in [0.29, 0.717) is 48.3 Å². The van der Waals surface area contributed by atoms with E-state index in [2.05, 4.69) is 10.1 Å². The lowest BCUT2D eigenvalue weighted by atomic mass is 10.1. The van der Waals surface area contributed by atoms with Crippen LogP contribution in [0.4, 0.5) is 4.39 Å². The van der Waals surface area contributed by atoms with Crippen LogP contribution in [0.15, 0.2) is 47.0 Å². The monoisotopic (exact) mass is 397 g/mol. The Hall–Kier alpha value is -3.42. The van der Waals surface area contributed by atoms with Gasteiger partial charge in [-0.05, 0) is 36.4 Å². The summed E-state index contributed by atoms with van der Waals surface area (Å²) < 4.78 is 29.0. The number of rotatable bonds is 6. The molecule has 0 bridgehead atoms. The molecule has 0 saturated carbocycles.